The molecule has 2 nitrogen and oxygen atoms in total. The molecule has 0 bridgehead atoms. The van der Waals surface area contributed by atoms with Gasteiger partial charge in [0.25, 0.3) is 0 Å². The molecule has 6 heteroatoms. The van der Waals surface area contributed by atoms with E-state index in [1.165, 1.54) is 115 Å². The second-order valence-corrected chi connectivity index (χ2v) is 14.3. The minimum absolute atomic E-state index is 0. The molecule has 192 valence electrons. The van der Waals surface area contributed by atoms with Crippen LogP contribution < -0.4 is 9.42 Å². The van der Waals surface area contributed by atoms with Gasteiger partial charge >= 0.3 is 19.5 Å². The van der Waals surface area contributed by atoms with Crippen LogP contribution in [0.2, 0.25) is 0 Å². The standard InChI is InChI=1S/C28H51O2PS2.Zn/c1-3-5-7-9-11-13-15-17-19-21-26-23-24-28(30-31(29,32)33)27(25-26)22-20-18-16-14-12-10-8-6-4-2;/h23-25H,3-22H2,1-2H3,(H2,29,32,33);/q;+2/p-2. The number of rotatable bonds is 22. The molecule has 0 amide bonds. The minimum Gasteiger partial charge on any atom is -0.682 e. The van der Waals surface area contributed by atoms with Crippen LogP contribution in [0.5, 0.6) is 5.75 Å². The summed E-state index contributed by atoms with van der Waals surface area (Å²) in [6.07, 6.45) is 22.6. The molecule has 0 fully saturated rings. The fraction of sp³-hybridized carbons (Fsp3) is 0.786. The zero-order chi connectivity index (χ0) is 24.2. The van der Waals surface area contributed by atoms with E-state index in [-0.39, 0.29) is 19.5 Å². The van der Waals surface area contributed by atoms with Crippen molar-refractivity contribution < 1.29 is 28.9 Å². The third-order valence-electron chi connectivity index (χ3n) is 6.45. The first-order valence-corrected chi connectivity index (χ1v) is 17.4. The monoisotopic (exact) mass is 576 g/mol. The Kier molecular flexibility index (Phi) is 23.4. The zero-order valence-corrected chi connectivity index (χ0v) is 27.7. The number of benzene rings is 1. The smallest absolute Gasteiger partial charge is 0.682 e. The number of aryl methyl sites for hydroxylation is 2. The molecular weight excluding hydrogens is 529 g/mol. The maximum absolute atomic E-state index is 11.9. The molecule has 1 rings (SSSR count). The van der Waals surface area contributed by atoms with E-state index >= 15 is 0 Å². The fourth-order valence-electron chi connectivity index (χ4n) is 4.46. The predicted molar refractivity (Wildman–Crippen MR) is 151 cm³/mol. The summed E-state index contributed by atoms with van der Waals surface area (Å²) in [5.74, 6) is 0.638. The van der Waals surface area contributed by atoms with Gasteiger partial charge in [-0.15, -0.1) is 6.12 Å². The van der Waals surface area contributed by atoms with Gasteiger partial charge in [-0.25, -0.2) is 0 Å². The fourth-order valence-corrected chi connectivity index (χ4v) is 5.36. The molecule has 0 saturated carbocycles. The average Bonchev–Trinajstić information content (AvgIpc) is 2.77. The van der Waals surface area contributed by atoms with Gasteiger partial charge in [-0.2, -0.15) is 0 Å². The Morgan fingerprint density at radius 1 is 0.647 bits per heavy atom. The van der Waals surface area contributed by atoms with Crippen molar-refractivity contribution in [2.45, 2.75) is 142 Å². The van der Waals surface area contributed by atoms with Crippen LogP contribution in [0.4, 0.5) is 0 Å². The quantitative estimate of drug-likeness (QED) is 0.0594. The second-order valence-electron chi connectivity index (χ2n) is 9.64. The zero-order valence-electron chi connectivity index (χ0n) is 22.2. The first-order chi connectivity index (χ1) is 16.0. The van der Waals surface area contributed by atoms with E-state index in [2.05, 4.69) is 26.0 Å². The van der Waals surface area contributed by atoms with Crippen LogP contribution in [-0.2, 0) is 56.8 Å². The maximum atomic E-state index is 11.9. The van der Waals surface area contributed by atoms with E-state index in [9.17, 15) is 4.89 Å². The average molecular weight is 578 g/mol. The molecule has 0 aliphatic rings. The molecule has 0 radical (unpaired) electrons. The molecule has 0 aliphatic carbocycles. The van der Waals surface area contributed by atoms with Gasteiger partial charge < -0.3 is 33.9 Å². The van der Waals surface area contributed by atoms with E-state index < -0.39 is 6.12 Å². The van der Waals surface area contributed by atoms with Gasteiger partial charge in [0.05, 0.1) is 0 Å². The third-order valence-corrected chi connectivity index (χ3v) is 7.32. The normalized spacial score (nSPS) is 11.4. The van der Waals surface area contributed by atoms with Gasteiger partial charge in [0.1, 0.15) is 0 Å². The summed E-state index contributed by atoms with van der Waals surface area (Å²) in [6, 6.07) is 6.28. The topological polar surface area (TPSA) is 32.3 Å². The molecule has 0 aliphatic heterocycles. The summed E-state index contributed by atoms with van der Waals surface area (Å²) in [5, 5.41) is 0. The Hall–Kier alpha value is 0.733. The molecule has 0 spiro atoms. The van der Waals surface area contributed by atoms with E-state index in [1.54, 1.807) is 0 Å². The van der Waals surface area contributed by atoms with Crippen LogP contribution in [0.3, 0.4) is 0 Å². The van der Waals surface area contributed by atoms with Gasteiger partial charge in [0.15, 0.2) is 5.75 Å². The van der Waals surface area contributed by atoms with Crippen molar-refractivity contribution in [1.29, 1.82) is 0 Å². The molecular formula is C28H49O2PS2Zn. The first-order valence-electron chi connectivity index (χ1n) is 13.8. The second kappa shape index (κ2) is 22.9. The maximum Gasteiger partial charge on any atom is 2.00 e. The Labute approximate surface area is 235 Å². The molecule has 0 saturated heterocycles. The van der Waals surface area contributed by atoms with Crippen molar-refractivity contribution in [3.8, 4) is 5.75 Å². The Morgan fingerprint density at radius 2 is 1.06 bits per heavy atom. The van der Waals surface area contributed by atoms with Crippen molar-refractivity contribution >= 4 is 30.6 Å². The van der Waals surface area contributed by atoms with Crippen LogP contribution in [0.25, 0.3) is 0 Å². The largest absolute Gasteiger partial charge is 2.00 e. The Balaban J connectivity index is 0.0000109. The molecule has 1 aromatic rings. The summed E-state index contributed by atoms with van der Waals surface area (Å²) in [5.41, 5.74) is 2.47. The number of unbranched alkanes of at least 4 members (excludes halogenated alkanes) is 16. The van der Waals surface area contributed by atoms with Crippen LogP contribution in [0, 0.1) is 0 Å². The van der Waals surface area contributed by atoms with E-state index in [0.29, 0.717) is 5.75 Å². The van der Waals surface area contributed by atoms with Gasteiger partial charge in [-0.1, -0.05) is 129 Å². The van der Waals surface area contributed by atoms with Gasteiger partial charge in [0.2, 0.25) is 0 Å². The number of hydrogen-bond acceptors (Lipinski definition) is 4. The van der Waals surface area contributed by atoms with Crippen LogP contribution in [-0.4, -0.2) is 0 Å². The van der Waals surface area contributed by atoms with Crippen LogP contribution >= 0.6 is 6.12 Å². The van der Waals surface area contributed by atoms with Crippen molar-refractivity contribution in [2.75, 3.05) is 0 Å². The van der Waals surface area contributed by atoms with E-state index in [4.69, 9.17) is 29.0 Å². The minimum atomic E-state index is -3.37. The van der Waals surface area contributed by atoms with E-state index in [0.717, 1.165) is 24.8 Å². The third kappa shape index (κ3) is 19.9. The van der Waals surface area contributed by atoms with Gasteiger partial charge in [-0.3, -0.25) is 0 Å². The molecule has 0 unspecified atom stereocenters. The summed E-state index contributed by atoms with van der Waals surface area (Å²) in [7, 11) is 0. The SMILES string of the molecule is CCCCCCCCCCCc1ccc(O[P+]([O-])([S-])[S-])c(CCCCCCCCCCC)c1.[Zn+2]. The molecule has 0 N–H and O–H groups in total. The summed E-state index contributed by atoms with van der Waals surface area (Å²) in [6.45, 7) is 4.54. The van der Waals surface area contributed by atoms with Crippen LogP contribution in [0.1, 0.15) is 141 Å². The predicted octanol–water partition coefficient (Wildman–Crippen LogP) is 9.34. The van der Waals surface area contributed by atoms with Crippen molar-refractivity contribution in [3.63, 3.8) is 0 Å². The number of hydrogen-bond donors (Lipinski definition) is 0. The van der Waals surface area contributed by atoms with Crippen LogP contribution in [0.15, 0.2) is 18.2 Å². The summed E-state index contributed by atoms with van der Waals surface area (Å²) >= 11 is 9.73. The van der Waals surface area contributed by atoms with Crippen molar-refractivity contribution in [3.05, 3.63) is 29.3 Å². The molecule has 0 atom stereocenters. The first kappa shape index (κ1) is 34.7. The van der Waals surface area contributed by atoms with Crippen molar-refractivity contribution in [1.82, 2.24) is 0 Å². The van der Waals surface area contributed by atoms with Gasteiger partial charge in [-0.05, 0) is 42.9 Å². The molecule has 1 aromatic carbocycles. The van der Waals surface area contributed by atoms with Crippen molar-refractivity contribution in [2.24, 2.45) is 0 Å². The molecule has 0 heterocycles. The summed E-state index contributed by atoms with van der Waals surface area (Å²) in [4.78, 5) is 11.9. The molecule has 0 aromatic heterocycles. The van der Waals surface area contributed by atoms with E-state index in [1.807, 2.05) is 6.07 Å². The van der Waals surface area contributed by atoms with Gasteiger partial charge in [0, 0.05) is 0 Å². The Bertz CT molecular complexity index is 596. The Morgan fingerprint density at radius 3 is 1.50 bits per heavy atom. The molecule has 34 heavy (non-hydrogen) atoms. The summed E-state index contributed by atoms with van der Waals surface area (Å²) < 4.78 is 5.50.